The summed E-state index contributed by atoms with van der Waals surface area (Å²) in [6, 6.07) is 6.75. The van der Waals surface area contributed by atoms with Gasteiger partial charge in [0.15, 0.2) is 6.61 Å². The molecule has 8 nitrogen and oxygen atoms in total. The minimum absolute atomic E-state index is 0.101. The molecule has 0 bridgehead atoms. The maximum atomic E-state index is 12.7. The first-order chi connectivity index (χ1) is 12.7. The SMILES string of the molecule is CC(=O)N1CCN(C(=O)COc2cccc(N(C)C)c2)C(C(=O)N(C)C)C1. The first-order valence-corrected chi connectivity index (χ1v) is 8.87. The second-order valence-electron chi connectivity index (χ2n) is 6.98. The number of nitrogens with zero attached hydrogens (tertiary/aromatic N) is 4. The summed E-state index contributed by atoms with van der Waals surface area (Å²) in [6.07, 6.45) is 0. The van der Waals surface area contributed by atoms with Crippen LogP contribution in [0.3, 0.4) is 0 Å². The molecule has 1 unspecified atom stereocenters. The Morgan fingerprint density at radius 1 is 1.15 bits per heavy atom. The topological polar surface area (TPSA) is 73.4 Å². The van der Waals surface area contributed by atoms with E-state index in [-0.39, 0.29) is 30.9 Å². The van der Waals surface area contributed by atoms with Gasteiger partial charge in [-0.25, -0.2) is 0 Å². The van der Waals surface area contributed by atoms with E-state index in [0.29, 0.717) is 18.8 Å². The summed E-state index contributed by atoms with van der Waals surface area (Å²) >= 11 is 0. The summed E-state index contributed by atoms with van der Waals surface area (Å²) in [5, 5.41) is 0. The van der Waals surface area contributed by atoms with Crippen LogP contribution in [-0.4, -0.2) is 92.9 Å². The fraction of sp³-hybridized carbons (Fsp3) is 0.526. The highest BCUT2D eigenvalue weighted by Gasteiger charge is 2.37. The Kier molecular flexibility index (Phi) is 6.65. The lowest BCUT2D eigenvalue weighted by Crippen LogP contribution is -2.61. The van der Waals surface area contributed by atoms with Crippen molar-refractivity contribution in [3.8, 4) is 5.75 Å². The van der Waals surface area contributed by atoms with E-state index in [9.17, 15) is 14.4 Å². The van der Waals surface area contributed by atoms with Crippen molar-refractivity contribution in [1.82, 2.24) is 14.7 Å². The molecular formula is C19H28N4O4. The normalized spacial score (nSPS) is 16.7. The molecule has 1 fully saturated rings. The third kappa shape index (κ3) is 5.12. The Hall–Kier alpha value is -2.77. The molecule has 3 amide bonds. The largest absolute Gasteiger partial charge is 0.484 e. The number of ether oxygens (including phenoxy) is 1. The zero-order chi connectivity index (χ0) is 20.1. The summed E-state index contributed by atoms with van der Waals surface area (Å²) in [6.45, 7) is 2.23. The minimum Gasteiger partial charge on any atom is -0.484 e. The Bertz CT molecular complexity index is 705. The van der Waals surface area contributed by atoms with Gasteiger partial charge in [-0.15, -0.1) is 0 Å². The zero-order valence-electron chi connectivity index (χ0n) is 16.6. The van der Waals surface area contributed by atoms with Gasteiger partial charge in [-0.2, -0.15) is 0 Å². The number of rotatable bonds is 5. The molecule has 0 radical (unpaired) electrons. The summed E-state index contributed by atoms with van der Waals surface area (Å²) in [5.41, 5.74) is 0.968. The number of benzene rings is 1. The molecule has 8 heteroatoms. The fourth-order valence-electron chi connectivity index (χ4n) is 2.96. The Morgan fingerprint density at radius 3 is 2.44 bits per heavy atom. The molecule has 1 saturated heterocycles. The summed E-state index contributed by atoms with van der Waals surface area (Å²) in [7, 11) is 7.13. The average Bonchev–Trinajstić information content (AvgIpc) is 2.65. The van der Waals surface area contributed by atoms with Gasteiger partial charge in [0.25, 0.3) is 5.91 Å². The number of likely N-dealkylation sites (N-methyl/N-ethyl adjacent to an activating group) is 1. The molecule has 1 aromatic carbocycles. The lowest BCUT2D eigenvalue weighted by atomic mass is 10.1. The Balaban J connectivity index is 2.07. The summed E-state index contributed by atoms with van der Waals surface area (Å²) < 4.78 is 5.65. The maximum absolute atomic E-state index is 12.7. The first-order valence-electron chi connectivity index (χ1n) is 8.87. The van der Waals surface area contributed by atoms with Crippen LogP contribution in [0.1, 0.15) is 6.92 Å². The van der Waals surface area contributed by atoms with E-state index in [4.69, 9.17) is 4.74 Å². The third-order valence-corrected chi connectivity index (χ3v) is 4.57. The van der Waals surface area contributed by atoms with E-state index < -0.39 is 6.04 Å². The van der Waals surface area contributed by atoms with Crippen molar-refractivity contribution >= 4 is 23.4 Å². The molecule has 27 heavy (non-hydrogen) atoms. The highest BCUT2D eigenvalue weighted by Crippen LogP contribution is 2.20. The van der Waals surface area contributed by atoms with Gasteiger partial charge in [0.05, 0.1) is 6.54 Å². The molecule has 1 aromatic rings. The lowest BCUT2D eigenvalue weighted by molar-refractivity contribution is -0.152. The van der Waals surface area contributed by atoms with Gasteiger partial charge in [0, 0.05) is 60.0 Å². The average molecular weight is 376 g/mol. The standard InChI is InChI=1S/C19H28N4O4/c1-14(24)22-9-10-23(17(12-22)19(26)21(4)5)18(25)13-27-16-8-6-7-15(11-16)20(2)3/h6-8,11,17H,9-10,12-13H2,1-5H3. The molecule has 148 valence electrons. The van der Waals surface area contributed by atoms with E-state index in [1.807, 2.05) is 37.2 Å². The first kappa shape index (κ1) is 20.5. The molecule has 0 N–H and O–H groups in total. The number of carbonyl (C=O) groups excluding carboxylic acids is 3. The minimum atomic E-state index is -0.693. The van der Waals surface area contributed by atoms with Gasteiger partial charge in [-0.05, 0) is 12.1 Å². The van der Waals surface area contributed by atoms with Crippen molar-refractivity contribution in [2.45, 2.75) is 13.0 Å². The molecule has 0 saturated carbocycles. The quantitative estimate of drug-likeness (QED) is 0.738. The van der Waals surface area contributed by atoms with E-state index >= 15 is 0 Å². The molecule has 2 rings (SSSR count). The smallest absolute Gasteiger partial charge is 0.261 e. The van der Waals surface area contributed by atoms with Crippen molar-refractivity contribution in [2.75, 3.05) is 59.3 Å². The van der Waals surface area contributed by atoms with E-state index in [1.165, 1.54) is 16.7 Å². The number of amides is 3. The van der Waals surface area contributed by atoms with Crippen molar-refractivity contribution in [3.05, 3.63) is 24.3 Å². The molecule has 1 atom stereocenters. The molecular weight excluding hydrogens is 348 g/mol. The zero-order valence-corrected chi connectivity index (χ0v) is 16.6. The molecule has 0 spiro atoms. The van der Waals surface area contributed by atoms with Crippen molar-refractivity contribution in [3.63, 3.8) is 0 Å². The molecule has 1 aliphatic heterocycles. The molecule has 1 heterocycles. The fourth-order valence-corrected chi connectivity index (χ4v) is 2.96. The van der Waals surface area contributed by atoms with Gasteiger partial charge in [-0.3, -0.25) is 14.4 Å². The number of piperazine rings is 1. The maximum Gasteiger partial charge on any atom is 0.261 e. The van der Waals surface area contributed by atoms with Crippen LogP contribution in [0.4, 0.5) is 5.69 Å². The van der Waals surface area contributed by atoms with Gasteiger partial charge >= 0.3 is 0 Å². The second-order valence-corrected chi connectivity index (χ2v) is 6.98. The van der Waals surface area contributed by atoms with Crippen molar-refractivity contribution in [2.24, 2.45) is 0 Å². The number of hydrogen-bond donors (Lipinski definition) is 0. The number of anilines is 1. The van der Waals surface area contributed by atoms with Crippen LogP contribution in [0.5, 0.6) is 5.75 Å². The van der Waals surface area contributed by atoms with Crippen LogP contribution < -0.4 is 9.64 Å². The predicted molar refractivity (Wildman–Crippen MR) is 103 cm³/mol. The van der Waals surface area contributed by atoms with Crippen LogP contribution in [0.25, 0.3) is 0 Å². The Labute approximate surface area is 160 Å². The second kappa shape index (κ2) is 8.75. The highest BCUT2D eigenvalue weighted by atomic mass is 16.5. The van der Waals surface area contributed by atoms with Crippen molar-refractivity contribution < 1.29 is 19.1 Å². The van der Waals surface area contributed by atoms with Gasteiger partial charge in [0.1, 0.15) is 11.8 Å². The van der Waals surface area contributed by atoms with Gasteiger partial charge < -0.3 is 24.3 Å². The van der Waals surface area contributed by atoms with Crippen molar-refractivity contribution in [1.29, 1.82) is 0 Å². The van der Waals surface area contributed by atoms with Crippen LogP contribution in [0.15, 0.2) is 24.3 Å². The van der Waals surface area contributed by atoms with E-state index in [2.05, 4.69) is 0 Å². The summed E-state index contributed by atoms with van der Waals surface area (Å²) in [4.78, 5) is 43.4. The third-order valence-electron chi connectivity index (χ3n) is 4.57. The monoisotopic (exact) mass is 376 g/mol. The van der Waals surface area contributed by atoms with Crippen LogP contribution in [0.2, 0.25) is 0 Å². The van der Waals surface area contributed by atoms with Gasteiger partial charge in [0.2, 0.25) is 11.8 Å². The molecule has 0 aliphatic carbocycles. The molecule has 0 aromatic heterocycles. The van der Waals surface area contributed by atoms with Crippen LogP contribution >= 0.6 is 0 Å². The number of hydrogen-bond acceptors (Lipinski definition) is 5. The lowest BCUT2D eigenvalue weighted by Gasteiger charge is -2.41. The van der Waals surface area contributed by atoms with E-state index in [1.54, 1.807) is 25.1 Å². The van der Waals surface area contributed by atoms with Crippen LogP contribution in [-0.2, 0) is 14.4 Å². The van der Waals surface area contributed by atoms with E-state index in [0.717, 1.165) is 5.69 Å². The highest BCUT2D eigenvalue weighted by molar-refractivity contribution is 5.89. The Morgan fingerprint density at radius 2 is 1.85 bits per heavy atom. The molecule has 1 aliphatic rings. The number of carbonyl (C=O) groups is 3. The van der Waals surface area contributed by atoms with Crippen LogP contribution in [0, 0.1) is 0 Å². The summed E-state index contributed by atoms with van der Waals surface area (Å²) in [5.74, 6) is 0.0142. The predicted octanol–water partition coefficient (Wildman–Crippen LogP) is 0.279. The van der Waals surface area contributed by atoms with Gasteiger partial charge in [-0.1, -0.05) is 6.07 Å².